The van der Waals surface area contributed by atoms with E-state index in [1.54, 1.807) is 18.2 Å². The zero-order valence-corrected chi connectivity index (χ0v) is 17.6. The molecule has 8 heteroatoms. The van der Waals surface area contributed by atoms with Gasteiger partial charge >= 0.3 is 6.03 Å². The van der Waals surface area contributed by atoms with Crippen LogP contribution in [0.5, 0.6) is 0 Å². The van der Waals surface area contributed by atoms with Crippen LogP contribution in [0.15, 0.2) is 59.1 Å². The maximum Gasteiger partial charge on any atom is 0.324 e. The Hall–Kier alpha value is -3.81. The average molecular weight is 419 g/mol. The van der Waals surface area contributed by atoms with Crippen molar-refractivity contribution in [3.63, 3.8) is 0 Å². The number of para-hydroxylation sites is 1. The summed E-state index contributed by atoms with van der Waals surface area (Å²) < 4.78 is 5.27. The molecule has 1 aromatic heterocycles. The van der Waals surface area contributed by atoms with Crippen LogP contribution in [0, 0.1) is 0 Å². The SMILES string of the molecule is CC(C)(C)c1cc(NC(=O)Nc2ccc(C3c4ccccc4NC3C(N)=O)cc2)no1. The lowest BCUT2D eigenvalue weighted by Crippen LogP contribution is -2.36. The number of carbonyl (C=O) groups is 2. The summed E-state index contributed by atoms with van der Waals surface area (Å²) in [5.74, 6) is 0.422. The number of fused-ring (bicyclic) bond motifs is 1. The van der Waals surface area contributed by atoms with E-state index in [-0.39, 0.29) is 11.3 Å². The highest BCUT2D eigenvalue weighted by atomic mass is 16.5. The van der Waals surface area contributed by atoms with Gasteiger partial charge in [0.25, 0.3) is 0 Å². The van der Waals surface area contributed by atoms with Crippen molar-refractivity contribution in [2.45, 2.75) is 38.1 Å². The second-order valence-corrected chi connectivity index (χ2v) is 8.62. The van der Waals surface area contributed by atoms with Gasteiger partial charge in [0.2, 0.25) is 5.91 Å². The number of nitrogens with zero attached hydrogens (tertiary/aromatic N) is 1. The molecule has 0 fully saturated rings. The Labute approximate surface area is 180 Å². The van der Waals surface area contributed by atoms with Crippen LogP contribution in [0.25, 0.3) is 0 Å². The van der Waals surface area contributed by atoms with Gasteiger partial charge in [0.15, 0.2) is 5.82 Å². The number of primary amides is 1. The van der Waals surface area contributed by atoms with Gasteiger partial charge in [-0.2, -0.15) is 0 Å². The highest BCUT2D eigenvalue weighted by Gasteiger charge is 2.36. The van der Waals surface area contributed by atoms with E-state index in [0.29, 0.717) is 17.3 Å². The number of urea groups is 1. The van der Waals surface area contributed by atoms with Crippen molar-refractivity contribution in [2.24, 2.45) is 5.73 Å². The summed E-state index contributed by atoms with van der Waals surface area (Å²) in [6.45, 7) is 6.00. The number of anilines is 3. The molecule has 5 N–H and O–H groups in total. The molecule has 0 saturated carbocycles. The monoisotopic (exact) mass is 419 g/mol. The van der Waals surface area contributed by atoms with Crippen LogP contribution in [-0.2, 0) is 10.2 Å². The molecule has 160 valence electrons. The first-order valence-electron chi connectivity index (χ1n) is 10.0. The van der Waals surface area contributed by atoms with E-state index >= 15 is 0 Å². The maximum atomic E-state index is 12.3. The van der Waals surface area contributed by atoms with Crippen LogP contribution in [0.4, 0.5) is 22.0 Å². The van der Waals surface area contributed by atoms with Crippen LogP contribution >= 0.6 is 0 Å². The molecule has 0 spiro atoms. The Morgan fingerprint density at radius 3 is 2.42 bits per heavy atom. The molecule has 0 radical (unpaired) electrons. The molecule has 4 rings (SSSR count). The number of hydrogen-bond acceptors (Lipinski definition) is 5. The Bertz CT molecular complexity index is 1110. The van der Waals surface area contributed by atoms with E-state index in [1.807, 2.05) is 57.2 Å². The van der Waals surface area contributed by atoms with Crippen molar-refractivity contribution in [3.8, 4) is 0 Å². The van der Waals surface area contributed by atoms with Gasteiger partial charge in [-0.1, -0.05) is 56.3 Å². The number of amides is 3. The van der Waals surface area contributed by atoms with Gasteiger partial charge in [-0.3, -0.25) is 10.1 Å². The molecule has 8 nitrogen and oxygen atoms in total. The van der Waals surface area contributed by atoms with Crippen LogP contribution in [0.1, 0.15) is 43.6 Å². The van der Waals surface area contributed by atoms with E-state index in [2.05, 4.69) is 21.1 Å². The van der Waals surface area contributed by atoms with Gasteiger partial charge in [0, 0.05) is 28.8 Å². The average Bonchev–Trinajstić information content (AvgIpc) is 3.33. The molecule has 1 aliphatic heterocycles. The van der Waals surface area contributed by atoms with Gasteiger partial charge < -0.3 is 20.9 Å². The number of aromatic nitrogens is 1. The standard InChI is InChI=1S/C23H25N5O3/c1-23(2,3)17-12-18(28-31-17)27-22(30)25-14-10-8-13(9-11-14)19-15-6-4-5-7-16(15)26-20(19)21(24)29/h4-12,19-20,26H,1-3H3,(H2,24,29)(H2,25,27,28,30). The van der Waals surface area contributed by atoms with Gasteiger partial charge in [0.05, 0.1) is 0 Å². The summed E-state index contributed by atoms with van der Waals surface area (Å²) in [7, 11) is 0. The zero-order valence-electron chi connectivity index (χ0n) is 17.6. The second-order valence-electron chi connectivity index (χ2n) is 8.62. The van der Waals surface area contributed by atoms with Crippen LogP contribution < -0.4 is 21.7 Å². The molecule has 2 unspecified atom stereocenters. The van der Waals surface area contributed by atoms with E-state index in [1.165, 1.54) is 0 Å². The molecule has 2 heterocycles. The fraction of sp³-hybridized carbons (Fsp3) is 0.261. The van der Waals surface area contributed by atoms with Crippen molar-refractivity contribution in [1.29, 1.82) is 0 Å². The van der Waals surface area contributed by atoms with Crippen LogP contribution in [-0.4, -0.2) is 23.1 Å². The minimum absolute atomic E-state index is 0.192. The summed E-state index contributed by atoms with van der Waals surface area (Å²) in [5, 5.41) is 12.5. The number of benzene rings is 2. The molecule has 0 saturated heterocycles. The molecule has 3 amide bonds. The number of hydrogen-bond donors (Lipinski definition) is 4. The fourth-order valence-electron chi connectivity index (χ4n) is 3.68. The van der Waals surface area contributed by atoms with Gasteiger partial charge in [-0.25, -0.2) is 4.79 Å². The predicted octanol–water partition coefficient (Wildman–Crippen LogP) is 4.03. The van der Waals surface area contributed by atoms with Gasteiger partial charge in [-0.15, -0.1) is 0 Å². The van der Waals surface area contributed by atoms with E-state index in [4.69, 9.17) is 10.3 Å². The molecule has 31 heavy (non-hydrogen) atoms. The molecular formula is C23H25N5O3. The third-order valence-corrected chi connectivity index (χ3v) is 5.27. The summed E-state index contributed by atoms with van der Waals surface area (Å²) in [4.78, 5) is 24.3. The molecule has 2 atom stereocenters. The second kappa shape index (κ2) is 7.79. The van der Waals surface area contributed by atoms with Crippen molar-refractivity contribution in [2.75, 3.05) is 16.0 Å². The Balaban J connectivity index is 1.46. The van der Waals surface area contributed by atoms with Crippen molar-refractivity contribution in [1.82, 2.24) is 5.16 Å². The van der Waals surface area contributed by atoms with Gasteiger partial charge in [-0.05, 0) is 29.3 Å². The molecule has 3 aromatic rings. The van der Waals surface area contributed by atoms with Gasteiger partial charge in [0.1, 0.15) is 11.8 Å². The largest absolute Gasteiger partial charge is 0.373 e. The third kappa shape index (κ3) is 4.23. The summed E-state index contributed by atoms with van der Waals surface area (Å²) in [6.07, 6.45) is 0. The van der Waals surface area contributed by atoms with Crippen LogP contribution in [0.2, 0.25) is 0 Å². The summed E-state index contributed by atoms with van der Waals surface area (Å²) in [6, 6.07) is 15.9. The third-order valence-electron chi connectivity index (χ3n) is 5.27. The first-order valence-corrected chi connectivity index (χ1v) is 10.0. The highest BCUT2D eigenvalue weighted by Crippen LogP contribution is 2.40. The molecule has 1 aliphatic rings. The van der Waals surface area contributed by atoms with E-state index < -0.39 is 18.0 Å². The number of nitrogens with one attached hydrogen (secondary N) is 3. The number of rotatable bonds is 4. The predicted molar refractivity (Wildman–Crippen MR) is 119 cm³/mol. The first-order chi connectivity index (χ1) is 14.7. The van der Waals surface area contributed by atoms with Crippen LogP contribution in [0.3, 0.4) is 0 Å². The Morgan fingerprint density at radius 1 is 1.06 bits per heavy atom. The minimum Gasteiger partial charge on any atom is -0.373 e. The fourth-order valence-corrected chi connectivity index (χ4v) is 3.68. The minimum atomic E-state index is -0.524. The lowest BCUT2D eigenvalue weighted by molar-refractivity contribution is -0.118. The smallest absolute Gasteiger partial charge is 0.324 e. The molecule has 2 aromatic carbocycles. The Morgan fingerprint density at radius 2 is 1.77 bits per heavy atom. The lowest BCUT2D eigenvalue weighted by Gasteiger charge is -2.18. The topological polar surface area (TPSA) is 122 Å². The summed E-state index contributed by atoms with van der Waals surface area (Å²) in [5.41, 5.74) is 8.88. The first kappa shape index (κ1) is 20.5. The van der Waals surface area contributed by atoms with Crippen molar-refractivity contribution in [3.05, 3.63) is 71.5 Å². The molecule has 0 aliphatic carbocycles. The molecule has 0 bridgehead atoms. The lowest BCUT2D eigenvalue weighted by atomic mass is 9.87. The van der Waals surface area contributed by atoms with Crippen molar-refractivity contribution >= 4 is 29.1 Å². The number of nitrogens with two attached hydrogens (primary N) is 1. The number of carbonyl (C=O) groups excluding carboxylic acids is 2. The van der Waals surface area contributed by atoms with E-state index in [9.17, 15) is 9.59 Å². The molecular weight excluding hydrogens is 394 g/mol. The van der Waals surface area contributed by atoms with Crippen molar-refractivity contribution < 1.29 is 14.1 Å². The van der Waals surface area contributed by atoms with E-state index in [0.717, 1.165) is 16.8 Å². The quantitative estimate of drug-likeness (QED) is 0.509. The Kier molecular flexibility index (Phi) is 5.14. The zero-order chi connectivity index (χ0) is 22.2. The maximum absolute atomic E-state index is 12.3. The normalized spacial score (nSPS) is 17.5. The summed E-state index contributed by atoms with van der Waals surface area (Å²) >= 11 is 0. The highest BCUT2D eigenvalue weighted by molar-refractivity contribution is 5.99.